The van der Waals surface area contributed by atoms with E-state index in [1.54, 1.807) is 0 Å². The second-order valence-electron chi connectivity index (χ2n) is 1.82. The summed E-state index contributed by atoms with van der Waals surface area (Å²) in [6.07, 6.45) is 0. The minimum absolute atomic E-state index is 0. The summed E-state index contributed by atoms with van der Waals surface area (Å²) in [5.41, 5.74) is 0. The maximum absolute atomic E-state index is 11.4. The molecule has 0 aliphatic carbocycles. The fourth-order valence-corrected chi connectivity index (χ4v) is 0.488. The molecule has 68 valence electrons. The number of hydrogen-bond acceptors (Lipinski definition) is 2. The second-order valence-corrected chi connectivity index (χ2v) is 1.82. The number of alkyl halides is 1. The van der Waals surface area contributed by atoms with Crippen molar-refractivity contribution < 1.29 is 9.18 Å². The fourth-order valence-electron chi connectivity index (χ4n) is 0.488. The molecule has 0 bridgehead atoms. The van der Waals surface area contributed by atoms with Crippen LogP contribution >= 0.6 is 12.4 Å². The summed E-state index contributed by atoms with van der Waals surface area (Å²) in [5, 5.41) is 5.21. The van der Waals surface area contributed by atoms with Crippen molar-refractivity contribution in [2.75, 3.05) is 26.3 Å². The lowest BCUT2D eigenvalue weighted by molar-refractivity contribution is -0.120. The molecule has 0 spiro atoms. The number of likely N-dealkylation sites (N-methyl/N-ethyl adjacent to an activating group) is 1. The molecule has 0 aromatic rings. The van der Waals surface area contributed by atoms with Crippen LogP contribution in [0.1, 0.15) is 6.92 Å². The van der Waals surface area contributed by atoms with Gasteiger partial charge in [-0.2, -0.15) is 0 Å². The first-order chi connectivity index (χ1) is 4.81. The molecule has 0 atom stereocenters. The van der Waals surface area contributed by atoms with Crippen molar-refractivity contribution in [2.24, 2.45) is 0 Å². The molecule has 0 heterocycles. The van der Waals surface area contributed by atoms with Crippen molar-refractivity contribution in [1.29, 1.82) is 0 Å². The lowest BCUT2D eigenvalue weighted by Gasteiger charge is -2.01. The van der Waals surface area contributed by atoms with E-state index in [1.165, 1.54) is 0 Å². The molecule has 0 saturated carbocycles. The van der Waals surface area contributed by atoms with Crippen LogP contribution in [0.2, 0.25) is 0 Å². The lowest BCUT2D eigenvalue weighted by Crippen LogP contribution is -2.34. The number of nitrogens with one attached hydrogen (secondary N) is 2. The Morgan fingerprint density at radius 2 is 2.18 bits per heavy atom. The Morgan fingerprint density at radius 1 is 1.55 bits per heavy atom. The van der Waals surface area contributed by atoms with E-state index in [9.17, 15) is 9.18 Å². The minimum Gasteiger partial charge on any atom is -0.352 e. The highest BCUT2D eigenvalue weighted by Gasteiger charge is 1.96. The quantitative estimate of drug-likeness (QED) is 0.637. The number of amides is 1. The van der Waals surface area contributed by atoms with E-state index in [-0.39, 0.29) is 31.4 Å². The molecule has 0 aromatic heterocycles. The van der Waals surface area contributed by atoms with Crippen molar-refractivity contribution in [1.82, 2.24) is 10.6 Å². The van der Waals surface area contributed by atoms with Gasteiger partial charge in [-0.25, -0.2) is 4.39 Å². The summed E-state index contributed by atoms with van der Waals surface area (Å²) in [7, 11) is 0. The van der Waals surface area contributed by atoms with Gasteiger partial charge in [0, 0.05) is 6.54 Å². The molecule has 0 radical (unpaired) electrons. The SMILES string of the molecule is CCNCC(=O)NCCF.Cl. The third-order valence-electron chi connectivity index (χ3n) is 0.952. The minimum atomic E-state index is -0.502. The van der Waals surface area contributed by atoms with E-state index in [0.29, 0.717) is 0 Å². The molecule has 2 N–H and O–H groups in total. The van der Waals surface area contributed by atoms with Crippen LogP contribution in [-0.4, -0.2) is 32.2 Å². The number of carbonyl (C=O) groups excluding carboxylic acids is 1. The highest BCUT2D eigenvalue weighted by molar-refractivity contribution is 5.85. The molecule has 0 rings (SSSR count). The predicted octanol–water partition coefficient (Wildman–Crippen LogP) is 0.103. The monoisotopic (exact) mass is 184 g/mol. The molecular weight excluding hydrogens is 171 g/mol. The van der Waals surface area contributed by atoms with Gasteiger partial charge in [0.25, 0.3) is 0 Å². The van der Waals surface area contributed by atoms with Crippen molar-refractivity contribution in [3.63, 3.8) is 0 Å². The van der Waals surface area contributed by atoms with E-state index in [0.717, 1.165) is 6.54 Å². The zero-order chi connectivity index (χ0) is 7.82. The van der Waals surface area contributed by atoms with Crippen molar-refractivity contribution in [2.45, 2.75) is 6.92 Å². The summed E-state index contributed by atoms with van der Waals surface area (Å²) in [6.45, 7) is 2.55. The first kappa shape index (κ1) is 13.3. The van der Waals surface area contributed by atoms with E-state index in [4.69, 9.17) is 0 Å². The largest absolute Gasteiger partial charge is 0.352 e. The smallest absolute Gasteiger partial charge is 0.234 e. The maximum atomic E-state index is 11.4. The average Bonchev–Trinajstić information content (AvgIpc) is 1.97. The molecule has 0 aliphatic heterocycles. The van der Waals surface area contributed by atoms with Gasteiger partial charge in [0.1, 0.15) is 6.67 Å². The van der Waals surface area contributed by atoms with Crippen molar-refractivity contribution >= 4 is 18.3 Å². The molecule has 0 saturated heterocycles. The summed E-state index contributed by atoms with van der Waals surface area (Å²) >= 11 is 0. The van der Waals surface area contributed by atoms with Gasteiger partial charge in [-0.05, 0) is 6.54 Å². The Labute approximate surface area is 72.1 Å². The lowest BCUT2D eigenvalue weighted by atomic mass is 10.5. The predicted molar refractivity (Wildman–Crippen MR) is 44.8 cm³/mol. The molecular formula is C6H14ClFN2O. The van der Waals surface area contributed by atoms with Gasteiger partial charge in [-0.1, -0.05) is 6.92 Å². The second kappa shape index (κ2) is 9.65. The summed E-state index contributed by atoms with van der Waals surface area (Å²) < 4.78 is 11.4. The molecule has 11 heavy (non-hydrogen) atoms. The van der Waals surface area contributed by atoms with E-state index < -0.39 is 6.67 Å². The molecule has 0 aromatic carbocycles. The zero-order valence-electron chi connectivity index (χ0n) is 6.52. The highest BCUT2D eigenvalue weighted by Crippen LogP contribution is 1.65. The molecule has 5 heteroatoms. The van der Waals surface area contributed by atoms with Gasteiger partial charge in [-0.15, -0.1) is 12.4 Å². The maximum Gasteiger partial charge on any atom is 0.234 e. The van der Waals surface area contributed by atoms with Crippen molar-refractivity contribution in [3.8, 4) is 0 Å². The Morgan fingerprint density at radius 3 is 2.64 bits per heavy atom. The Hall–Kier alpha value is -0.350. The van der Waals surface area contributed by atoms with Crippen LogP contribution in [0.4, 0.5) is 4.39 Å². The van der Waals surface area contributed by atoms with Gasteiger partial charge < -0.3 is 10.6 Å². The standard InChI is InChI=1S/C6H13FN2O.ClH/c1-2-8-5-6(10)9-4-3-7;/h8H,2-5H2,1H3,(H,9,10);1H. The van der Waals surface area contributed by atoms with Gasteiger partial charge >= 0.3 is 0 Å². The third-order valence-corrected chi connectivity index (χ3v) is 0.952. The van der Waals surface area contributed by atoms with E-state index in [1.807, 2.05) is 6.92 Å². The van der Waals surface area contributed by atoms with Gasteiger partial charge in [0.15, 0.2) is 0 Å². The van der Waals surface area contributed by atoms with E-state index in [2.05, 4.69) is 10.6 Å². The summed E-state index contributed by atoms with van der Waals surface area (Å²) in [4.78, 5) is 10.6. The van der Waals surface area contributed by atoms with Crippen LogP contribution in [0.5, 0.6) is 0 Å². The summed E-state index contributed by atoms with van der Waals surface area (Å²) in [6, 6.07) is 0. The van der Waals surface area contributed by atoms with Crippen LogP contribution < -0.4 is 10.6 Å². The van der Waals surface area contributed by atoms with Gasteiger partial charge in [0.2, 0.25) is 5.91 Å². The molecule has 0 aliphatic rings. The third kappa shape index (κ3) is 9.65. The summed E-state index contributed by atoms with van der Waals surface area (Å²) in [5.74, 6) is -0.153. The van der Waals surface area contributed by atoms with Crippen LogP contribution in [0.25, 0.3) is 0 Å². The van der Waals surface area contributed by atoms with Crippen LogP contribution in [0, 0.1) is 0 Å². The first-order valence-electron chi connectivity index (χ1n) is 3.34. The Bertz CT molecular complexity index is 92.6. The van der Waals surface area contributed by atoms with Crippen LogP contribution in [0.3, 0.4) is 0 Å². The van der Waals surface area contributed by atoms with E-state index >= 15 is 0 Å². The Balaban J connectivity index is 0. The van der Waals surface area contributed by atoms with Gasteiger partial charge in [0.05, 0.1) is 6.54 Å². The van der Waals surface area contributed by atoms with Gasteiger partial charge in [-0.3, -0.25) is 4.79 Å². The number of hydrogen-bond donors (Lipinski definition) is 2. The van der Waals surface area contributed by atoms with Crippen molar-refractivity contribution in [3.05, 3.63) is 0 Å². The zero-order valence-corrected chi connectivity index (χ0v) is 7.34. The topological polar surface area (TPSA) is 41.1 Å². The molecule has 0 fully saturated rings. The highest BCUT2D eigenvalue weighted by atomic mass is 35.5. The molecule has 3 nitrogen and oxygen atoms in total. The molecule has 1 amide bonds. The Kier molecular flexibility index (Phi) is 11.6. The molecule has 0 unspecified atom stereocenters. The van der Waals surface area contributed by atoms with Crippen LogP contribution in [0.15, 0.2) is 0 Å². The number of halogens is 2. The number of carbonyl (C=O) groups is 1. The van der Waals surface area contributed by atoms with Crippen LogP contribution in [-0.2, 0) is 4.79 Å². The first-order valence-corrected chi connectivity index (χ1v) is 3.34. The normalized spacial score (nSPS) is 8.55. The average molecular weight is 185 g/mol. The number of rotatable bonds is 5. The fraction of sp³-hybridized carbons (Fsp3) is 0.833.